The number of anilines is 1. The fourth-order valence-electron chi connectivity index (χ4n) is 2.29. The van der Waals surface area contributed by atoms with Crippen LogP contribution in [0, 0.1) is 13.8 Å². The molecule has 3 rings (SSSR count). The molecule has 2 heterocycles. The third-order valence-corrected chi connectivity index (χ3v) is 5.33. The lowest BCUT2D eigenvalue weighted by molar-refractivity contribution is -0.119. The molecule has 0 aliphatic rings. The van der Waals surface area contributed by atoms with Crippen LogP contribution in [-0.2, 0) is 9.53 Å². The standard InChI is InChI=1S/C17H17N3O4S2/c1-4-23-11-5-6-12-13(7-11)26-17(19-12)20-14(21)8-24-16(22)15-9(2)18-10(3)25-15/h5-7H,4,8H2,1-3H3,(H,19,20,21). The molecule has 0 aliphatic carbocycles. The zero-order valence-electron chi connectivity index (χ0n) is 14.5. The van der Waals surface area contributed by atoms with Gasteiger partial charge in [-0.2, -0.15) is 0 Å². The number of rotatable bonds is 6. The molecule has 136 valence electrons. The number of nitrogens with one attached hydrogen (secondary N) is 1. The molecule has 0 radical (unpaired) electrons. The monoisotopic (exact) mass is 391 g/mol. The number of hydrogen-bond acceptors (Lipinski definition) is 8. The maximum Gasteiger partial charge on any atom is 0.350 e. The van der Waals surface area contributed by atoms with Crippen molar-refractivity contribution in [1.82, 2.24) is 9.97 Å². The van der Waals surface area contributed by atoms with E-state index >= 15 is 0 Å². The highest BCUT2D eigenvalue weighted by Crippen LogP contribution is 2.29. The Labute approximate surface area is 158 Å². The van der Waals surface area contributed by atoms with Crippen LogP contribution >= 0.6 is 22.7 Å². The predicted octanol–water partition coefficient (Wildman–Crippen LogP) is 3.56. The fourth-order valence-corrected chi connectivity index (χ4v) is 4.01. The van der Waals surface area contributed by atoms with Crippen LogP contribution in [-0.4, -0.2) is 35.1 Å². The first-order chi connectivity index (χ1) is 12.5. The topological polar surface area (TPSA) is 90.4 Å². The molecule has 9 heteroatoms. The summed E-state index contributed by atoms with van der Waals surface area (Å²) in [5.74, 6) is -0.235. The van der Waals surface area contributed by atoms with Gasteiger partial charge < -0.3 is 9.47 Å². The molecule has 0 spiro atoms. The quantitative estimate of drug-likeness (QED) is 0.646. The number of thiazole rings is 2. The van der Waals surface area contributed by atoms with Crippen molar-refractivity contribution in [3.8, 4) is 5.75 Å². The van der Waals surface area contributed by atoms with E-state index < -0.39 is 11.9 Å². The Morgan fingerprint density at radius 3 is 2.69 bits per heavy atom. The lowest BCUT2D eigenvalue weighted by Gasteiger charge is -2.03. The van der Waals surface area contributed by atoms with Gasteiger partial charge in [-0.3, -0.25) is 10.1 Å². The molecule has 26 heavy (non-hydrogen) atoms. The Hall–Kier alpha value is -2.52. The van der Waals surface area contributed by atoms with E-state index in [9.17, 15) is 9.59 Å². The minimum absolute atomic E-state index is 0.380. The second-order valence-electron chi connectivity index (χ2n) is 5.35. The van der Waals surface area contributed by atoms with Gasteiger partial charge in [0.25, 0.3) is 5.91 Å². The maximum atomic E-state index is 12.0. The molecular formula is C17H17N3O4S2. The molecule has 0 aliphatic heterocycles. The Bertz CT molecular complexity index is 964. The van der Waals surface area contributed by atoms with Crippen molar-refractivity contribution >= 4 is 49.9 Å². The van der Waals surface area contributed by atoms with Crippen molar-refractivity contribution in [1.29, 1.82) is 0 Å². The Morgan fingerprint density at radius 2 is 2.00 bits per heavy atom. The van der Waals surface area contributed by atoms with Gasteiger partial charge in [-0.05, 0) is 39.0 Å². The average molecular weight is 391 g/mol. The number of fused-ring (bicyclic) bond motifs is 1. The van der Waals surface area contributed by atoms with Gasteiger partial charge in [0.15, 0.2) is 11.7 Å². The van der Waals surface area contributed by atoms with E-state index in [-0.39, 0.29) is 6.61 Å². The van der Waals surface area contributed by atoms with Gasteiger partial charge in [-0.1, -0.05) is 11.3 Å². The van der Waals surface area contributed by atoms with E-state index in [2.05, 4.69) is 15.3 Å². The largest absolute Gasteiger partial charge is 0.494 e. The average Bonchev–Trinajstić information content (AvgIpc) is 3.14. The van der Waals surface area contributed by atoms with E-state index in [1.54, 1.807) is 6.92 Å². The molecule has 0 atom stereocenters. The van der Waals surface area contributed by atoms with E-state index in [0.717, 1.165) is 21.0 Å². The van der Waals surface area contributed by atoms with Gasteiger partial charge in [0.05, 0.1) is 27.5 Å². The van der Waals surface area contributed by atoms with E-state index in [1.807, 2.05) is 32.0 Å². The first-order valence-electron chi connectivity index (χ1n) is 7.90. The number of aryl methyl sites for hydroxylation is 2. The van der Waals surface area contributed by atoms with Gasteiger partial charge in [0.1, 0.15) is 10.6 Å². The van der Waals surface area contributed by atoms with Crippen molar-refractivity contribution in [3.05, 3.63) is 33.8 Å². The van der Waals surface area contributed by atoms with Crippen LogP contribution in [0.15, 0.2) is 18.2 Å². The van der Waals surface area contributed by atoms with Crippen molar-refractivity contribution in [2.24, 2.45) is 0 Å². The predicted molar refractivity (Wildman–Crippen MR) is 101 cm³/mol. The molecule has 0 bridgehead atoms. The number of carbonyl (C=O) groups excluding carboxylic acids is 2. The summed E-state index contributed by atoms with van der Waals surface area (Å²) >= 11 is 2.58. The summed E-state index contributed by atoms with van der Waals surface area (Å²) < 4.78 is 11.4. The Balaban J connectivity index is 1.60. The second-order valence-corrected chi connectivity index (χ2v) is 7.59. The summed E-state index contributed by atoms with van der Waals surface area (Å²) in [6, 6.07) is 5.54. The van der Waals surface area contributed by atoms with E-state index in [0.29, 0.717) is 22.3 Å². The highest BCUT2D eigenvalue weighted by Gasteiger charge is 2.17. The molecule has 0 fully saturated rings. The first-order valence-corrected chi connectivity index (χ1v) is 9.54. The van der Waals surface area contributed by atoms with Crippen LogP contribution in [0.3, 0.4) is 0 Å². The Kier molecular flexibility index (Phi) is 5.48. The number of nitrogens with zero attached hydrogens (tertiary/aromatic N) is 2. The molecule has 3 aromatic rings. The van der Waals surface area contributed by atoms with E-state index in [4.69, 9.17) is 9.47 Å². The summed E-state index contributed by atoms with van der Waals surface area (Å²) in [4.78, 5) is 33.0. The van der Waals surface area contributed by atoms with Gasteiger partial charge in [0, 0.05) is 0 Å². The zero-order valence-corrected chi connectivity index (χ0v) is 16.1. The SMILES string of the molecule is CCOc1ccc2nc(NC(=O)COC(=O)c3sc(C)nc3C)sc2c1. The Morgan fingerprint density at radius 1 is 1.19 bits per heavy atom. The molecule has 7 nitrogen and oxygen atoms in total. The van der Waals surface area contributed by atoms with E-state index in [1.165, 1.54) is 22.7 Å². The van der Waals surface area contributed by atoms with Crippen molar-refractivity contribution in [3.63, 3.8) is 0 Å². The highest BCUT2D eigenvalue weighted by atomic mass is 32.1. The lowest BCUT2D eigenvalue weighted by Crippen LogP contribution is -2.20. The molecule has 0 unspecified atom stereocenters. The van der Waals surface area contributed by atoms with Crippen LogP contribution in [0.4, 0.5) is 5.13 Å². The minimum Gasteiger partial charge on any atom is -0.494 e. The zero-order chi connectivity index (χ0) is 18.7. The normalized spacial score (nSPS) is 10.7. The maximum absolute atomic E-state index is 12.0. The molecule has 1 N–H and O–H groups in total. The number of amides is 1. The van der Waals surface area contributed by atoms with Gasteiger partial charge in [-0.25, -0.2) is 14.8 Å². The van der Waals surface area contributed by atoms with Crippen LogP contribution in [0.25, 0.3) is 10.2 Å². The minimum atomic E-state index is -0.547. The third-order valence-electron chi connectivity index (χ3n) is 3.34. The number of aromatic nitrogens is 2. The molecule has 0 saturated carbocycles. The lowest BCUT2D eigenvalue weighted by atomic mass is 10.3. The van der Waals surface area contributed by atoms with Crippen LogP contribution in [0.5, 0.6) is 5.75 Å². The van der Waals surface area contributed by atoms with Crippen LogP contribution in [0.1, 0.15) is 27.3 Å². The summed E-state index contributed by atoms with van der Waals surface area (Å²) in [5, 5.41) is 3.87. The van der Waals surface area contributed by atoms with Gasteiger partial charge in [-0.15, -0.1) is 11.3 Å². The summed E-state index contributed by atoms with van der Waals surface area (Å²) in [5.41, 5.74) is 1.37. The first kappa shape index (κ1) is 18.3. The van der Waals surface area contributed by atoms with Crippen molar-refractivity contribution in [2.75, 3.05) is 18.5 Å². The number of carbonyl (C=O) groups is 2. The van der Waals surface area contributed by atoms with Crippen molar-refractivity contribution < 1.29 is 19.1 Å². The van der Waals surface area contributed by atoms with Crippen LogP contribution < -0.4 is 10.1 Å². The molecule has 1 amide bonds. The number of benzene rings is 1. The summed E-state index contributed by atoms with van der Waals surface area (Å²) in [6.45, 7) is 5.66. The number of hydrogen-bond donors (Lipinski definition) is 1. The number of esters is 1. The molecular weight excluding hydrogens is 374 g/mol. The van der Waals surface area contributed by atoms with Crippen molar-refractivity contribution in [2.45, 2.75) is 20.8 Å². The second kappa shape index (κ2) is 7.79. The summed E-state index contributed by atoms with van der Waals surface area (Å²) in [7, 11) is 0. The van der Waals surface area contributed by atoms with Crippen LogP contribution in [0.2, 0.25) is 0 Å². The third kappa shape index (κ3) is 4.17. The molecule has 0 saturated heterocycles. The number of ether oxygens (including phenoxy) is 2. The van der Waals surface area contributed by atoms with Gasteiger partial charge >= 0.3 is 5.97 Å². The van der Waals surface area contributed by atoms with Gasteiger partial charge in [0.2, 0.25) is 0 Å². The molecule has 1 aromatic carbocycles. The smallest absolute Gasteiger partial charge is 0.350 e. The highest BCUT2D eigenvalue weighted by molar-refractivity contribution is 7.22. The molecule has 2 aromatic heterocycles. The summed E-state index contributed by atoms with van der Waals surface area (Å²) in [6.07, 6.45) is 0. The fraction of sp³-hybridized carbons (Fsp3) is 0.294.